The monoisotopic (exact) mass is 335 g/mol. The maximum absolute atomic E-state index is 11.8. The second-order valence-corrected chi connectivity index (χ2v) is 5.10. The number of aryl methyl sites for hydroxylation is 1. The molecule has 0 bridgehead atoms. The van der Waals surface area contributed by atoms with Gasteiger partial charge in [-0.2, -0.15) is 0 Å². The molecule has 0 radical (unpaired) electrons. The summed E-state index contributed by atoms with van der Waals surface area (Å²) in [5, 5.41) is 10.6. The van der Waals surface area contributed by atoms with Gasteiger partial charge in [-0.3, -0.25) is 14.9 Å². The molecule has 0 saturated heterocycles. The maximum Gasteiger partial charge on any atom is 0.311 e. The van der Waals surface area contributed by atoms with Gasteiger partial charge in [-0.15, -0.1) is 0 Å². The molecule has 2 rings (SSSR count). The normalized spacial score (nSPS) is 10.2. The molecule has 0 aliphatic carbocycles. The molecular weight excluding hydrogens is 322 g/mol. The highest BCUT2D eigenvalue weighted by molar-refractivity contribution is 6.32. The van der Waals surface area contributed by atoms with E-state index < -0.39 is 10.9 Å². The third-order valence-corrected chi connectivity index (χ3v) is 3.42. The van der Waals surface area contributed by atoms with Crippen molar-refractivity contribution in [3.05, 3.63) is 63.2 Å². The van der Waals surface area contributed by atoms with Gasteiger partial charge in [0.1, 0.15) is 11.5 Å². The molecule has 0 aliphatic heterocycles. The van der Waals surface area contributed by atoms with Crippen molar-refractivity contribution in [3.8, 4) is 11.5 Å². The molecule has 0 aromatic heterocycles. The van der Waals surface area contributed by atoms with Crippen molar-refractivity contribution in [2.24, 2.45) is 0 Å². The molecule has 23 heavy (non-hydrogen) atoms. The van der Waals surface area contributed by atoms with Crippen LogP contribution in [0.2, 0.25) is 5.02 Å². The highest BCUT2D eigenvalue weighted by atomic mass is 35.5. The molecule has 7 heteroatoms. The van der Waals surface area contributed by atoms with Crippen LogP contribution in [-0.2, 0) is 11.2 Å². The summed E-state index contributed by atoms with van der Waals surface area (Å²) >= 11 is 5.87. The lowest BCUT2D eigenvalue weighted by Gasteiger charge is -2.06. The van der Waals surface area contributed by atoms with Crippen molar-refractivity contribution in [1.82, 2.24) is 0 Å². The van der Waals surface area contributed by atoms with Crippen molar-refractivity contribution >= 4 is 23.3 Å². The van der Waals surface area contributed by atoms with Gasteiger partial charge in [-0.1, -0.05) is 23.7 Å². The van der Waals surface area contributed by atoms with Gasteiger partial charge < -0.3 is 9.47 Å². The number of esters is 1. The highest BCUT2D eigenvalue weighted by Crippen LogP contribution is 2.29. The first kappa shape index (κ1) is 16.8. The van der Waals surface area contributed by atoms with E-state index in [-0.39, 0.29) is 22.9 Å². The van der Waals surface area contributed by atoms with Gasteiger partial charge in [-0.05, 0) is 30.2 Å². The van der Waals surface area contributed by atoms with Crippen LogP contribution in [0.15, 0.2) is 42.5 Å². The van der Waals surface area contributed by atoms with Crippen LogP contribution in [0.3, 0.4) is 0 Å². The van der Waals surface area contributed by atoms with Gasteiger partial charge in [-0.25, -0.2) is 0 Å². The minimum Gasteiger partial charge on any atom is -0.497 e. The molecule has 0 aliphatic rings. The van der Waals surface area contributed by atoms with Crippen LogP contribution in [0.25, 0.3) is 0 Å². The van der Waals surface area contributed by atoms with Gasteiger partial charge in [0.15, 0.2) is 0 Å². The van der Waals surface area contributed by atoms with Crippen molar-refractivity contribution in [2.75, 3.05) is 7.11 Å². The second kappa shape index (κ2) is 7.60. The molecule has 0 amide bonds. The summed E-state index contributed by atoms with van der Waals surface area (Å²) in [6, 6.07) is 11.1. The Balaban J connectivity index is 1.92. The largest absolute Gasteiger partial charge is 0.497 e. The standard InChI is InChI=1S/C16H14ClNO5/c1-22-13-6-2-11(3-7-13)4-9-16(19)23-15-8-5-12(18(20)21)10-14(15)17/h2-3,5-8,10H,4,9H2,1H3. The molecule has 2 aromatic rings. The van der Waals surface area contributed by atoms with Crippen LogP contribution >= 0.6 is 11.6 Å². The Hall–Kier alpha value is -2.60. The van der Waals surface area contributed by atoms with E-state index in [0.717, 1.165) is 17.4 Å². The SMILES string of the molecule is COc1ccc(CCC(=O)Oc2ccc([N+](=O)[O-])cc2Cl)cc1. The van der Waals surface area contributed by atoms with Crippen molar-refractivity contribution < 1.29 is 19.2 Å². The average Bonchev–Trinajstić information content (AvgIpc) is 2.55. The number of rotatable bonds is 6. The minimum absolute atomic E-state index is 0.0250. The van der Waals surface area contributed by atoms with Gasteiger partial charge in [0.25, 0.3) is 5.69 Å². The fourth-order valence-electron chi connectivity index (χ4n) is 1.90. The lowest BCUT2D eigenvalue weighted by atomic mass is 10.1. The zero-order valence-corrected chi connectivity index (χ0v) is 13.1. The molecule has 0 saturated carbocycles. The smallest absolute Gasteiger partial charge is 0.311 e. The van der Waals surface area contributed by atoms with E-state index in [4.69, 9.17) is 21.1 Å². The number of methoxy groups -OCH3 is 1. The van der Waals surface area contributed by atoms with E-state index >= 15 is 0 Å². The van der Waals surface area contributed by atoms with Crippen molar-refractivity contribution in [3.63, 3.8) is 0 Å². The Morgan fingerprint density at radius 3 is 2.48 bits per heavy atom. The number of nitro groups is 1. The fourth-order valence-corrected chi connectivity index (χ4v) is 2.11. The zero-order valence-electron chi connectivity index (χ0n) is 12.3. The molecule has 6 nitrogen and oxygen atoms in total. The quantitative estimate of drug-likeness (QED) is 0.347. The number of hydrogen-bond acceptors (Lipinski definition) is 5. The lowest BCUT2D eigenvalue weighted by Crippen LogP contribution is -2.09. The molecule has 0 unspecified atom stereocenters. The van der Waals surface area contributed by atoms with Crippen LogP contribution in [0.4, 0.5) is 5.69 Å². The zero-order chi connectivity index (χ0) is 16.8. The summed E-state index contributed by atoms with van der Waals surface area (Å²) in [6.07, 6.45) is 0.674. The predicted molar refractivity (Wildman–Crippen MR) is 85.1 cm³/mol. The van der Waals surface area contributed by atoms with Crippen molar-refractivity contribution in [2.45, 2.75) is 12.8 Å². The van der Waals surface area contributed by atoms with Crippen LogP contribution in [0.5, 0.6) is 11.5 Å². The number of hydrogen-bond donors (Lipinski definition) is 0. The molecule has 0 heterocycles. The molecule has 2 aromatic carbocycles. The van der Waals surface area contributed by atoms with E-state index in [1.165, 1.54) is 12.1 Å². The van der Waals surface area contributed by atoms with Gasteiger partial charge in [0.2, 0.25) is 0 Å². The van der Waals surface area contributed by atoms with E-state index in [1.54, 1.807) is 7.11 Å². The topological polar surface area (TPSA) is 78.7 Å². The summed E-state index contributed by atoms with van der Waals surface area (Å²) in [6.45, 7) is 0. The van der Waals surface area contributed by atoms with Crippen LogP contribution in [0, 0.1) is 10.1 Å². The number of carbonyl (C=O) groups excluding carboxylic acids is 1. The number of carbonyl (C=O) groups is 1. The lowest BCUT2D eigenvalue weighted by molar-refractivity contribution is -0.384. The Labute approximate surface area is 137 Å². The summed E-state index contributed by atoms with van der Waals surface area (Å²) in [5.41, 5.74) is 0.811. The average molecular weight is 336 g/mol. The number of nitrogens with zero attached hydrogens (tertiary/aromatic N) is 1. The number of benzene rings is 2. The number of non-ortho nitro benzene ring substituents is 1. The van der Waals surface area contributed by atoms with E-state index in [9.17, 15) is 14.9 Å². The van der Waals surface area contributed by atoms with E-state index in [2.05, 4.69) is 0 Å². The molecular formula is C16H14ClNO5. The molecule has 0 atom stereocenters. The summed E-state index contributed by atoms with van der Waals surface area (Å²) in [5.74, 6) is 0.391. The Morgan fingerprint density at radius 1 is 1.22 bits per heavy atom. The fraction of sp³-hybridized carbons (Fsp3) is 0.188. The minimum atomic E-state index is -0.568. The molecule has 0 spiro atoms. The highest BCUT2D eigenvalue weighted by Gasteiger charge is 2.13. The first-order valence-electron chi connectivity index (χ1n) is 6.77. The number of halogens is 1. The van der Waals surface area contributed by atoms with Gasteiger partial charge in [0.05, 0.1) is 17.1 Å². The first-order chi connectivity index (χ1) is 11.0. The van der Waals surface area contributed by atoms with E-state index in [1.807, 2.05) is 24.3 Å². The predicted octanol–water partition coefficient (Wildman–Crippen LogP) is 3.80. The second-order valence-electron chi connectivity index (χ2n) is 4.69. The Bertz CT molecular complexity index is 715. The van der Waals surface area contributed by atoms with E-state index in [0.29, 0.717) is 6.42 Å². The molecule has 120 valence electrons. The maximum atomic E-state index is 11.8. The molecule has 0 N–H and O–H groups in total. The third kappa shape index (κ3) is 4.69. The van der Waals surface area contributed by atoms with Crippen LogP contribution < -0.4 is 9.47 Å². The number of nitro benzene ring substituents is 1. The first-order valence-corrected chi connectivity index (χ1v) is 7.15. The summed E-state index contributed by atoms with van der Waals surface area (Å²) in [7, 11) is 1.58. The van der Waals surface area contributed by atoms with Crippen molar-refractivity contribution in [1.29, 1.82) is 0 Å². The Morgan fingerprint density at radius 2 is 1.91 bits per heavy atom. The molecule has 0 fully saturated rings. The van der Waals surface area contributed by atoms with Crippen LogP contribution in [-0.4, -0.2) is 18.0 Å². The summed E-state index contributed by atoms with van der Waals surface area (Å²) in [4.78, 5) is 21.9. The number of ether oxygens (including phenoxy) is 2. The van der Waals surface area contributed by atoms with Gasteiger partial charge in [0, 0.05) is 18.6 Å². The Kier molecular flexibility index (Phi) is 5.54. The van der Waals surface area contributed by atoms with Gasteiger partial charge >= 0.3 is 5.97 Å². The third-order valence-electron chi connectivity index (χ3n) is 3.13. The van der Waals surface area contributed by atoms with Crippen LogP contribution in [0.1, 0.15) is 12.0 Å². The summed E-state index contributed by atoms with van der Waals surface area (Å²) < 4.78 is 10.2.